The SMILES string of the molecule is CC(N)(COc1cccc2ccccc12)N1CCCCC1. The van der Waals surface area contributed by atoms with Gasteiger partial charge in [0.15, 0.2) is 0 Å². The summed E-state index contributed by atoms with van der Waals surface area (Å²) in [7, 11) is 0. The van der Waals surface area contributed by atoms with Crippen molar-refractivity contribution in [1.82, 2.24) is 4.90 Å². The second-order valence-corrected chi connectivity index (χ2v) is 6.17. The highest BCUT2D eigenvalue weighted by Gasteiger charge is 2.29. The van der Waals surface area contributed by atoms with Crippen LogP contribution in [0.1, 0.15) is 26.2 Å². The fourth-order valence-electron chi connectivity index (χ4n) is 3.04. The molecule has 0 spiro atoms. The van der Waals surface area contributed by atoms with Crippen LogP contribution >= 0.6 is 0 Å². The lowest BCUT2D eigenvalue weighted by atomic mass is 10.1. The number of ether oxygens (including phenoxy) is 1. The number of nitrogens with two attached hydrogens (primary N) is 1. The first kappa shape index (κ1) is 14.4. The van der Waals surface area contributed by atoms with E-state index in [1.54, 1.807) is 0 Å². The average molecular weight is 284 g/mol. The largest absolute Gasteiger partial charge is 0.490 e. The number of hydrogen-bond donors (Lipinski definition) is 1. The molecule has 112 valence electrons. The Balaban J connectivity index is 1.73. The van der Waals surface area contributed by atoms with Crippen molar-refractivity contribution in [2.75, 3.05) is 19.7 Å². The topological polar surface area (TPSA) is 38.5 Å². The van der Waals surface area contributed by atoms with Crippen LogP contribution in [0, 0.1) is 0 Å². The molecular weight excluding hydrogens is 260 g/mol. The first-order chi connectivity index (χ1) is 10.2. The van der Waals surface area contributed by atoms with Crippen molar-refractivity contribution in [2.45, 2.75) is 31.8 Å². The first-order valence-corrected chi connectivity index (χ1v) is 7.81. The lowest BCUT2D eigenvalue weighted by Gasteiger charge is -2.40. The van der Waals surface area contributed by atoms with Crippen LogP contribution in [0.15, 0.2) is 42.5 Å². The number of nitrogens with zero attached hydrogens (tertiary/aromatic N) is 1. The molecule has 1 atom stereocenters. The minimum atomic E-state index is -0.405. The average Bonchev–Trinajstić information content (AvgIpc) is 2.54. The zero-order valence-electron chi connectivity index (χ0n) is 12.7. The highest BCUT2D eigenvalue weighted by molar-refractivity contribution is 5.88. The quantitative estimate of drug-likeness (QED) is 0.935. The number of piperidine rings is 1. The number of likely N-dealkylation sites (tertiary alicyclic amines) is 1. The summed E-state index contributed by atoms with van der Waals surface area (Å²) in [5.74, 6) is 0.918. The summed E-state index contributed by atoms with van der Waals surface area (Å²) >= 11 is 0. The lowest BCUT2D eigenvalue weighted by Crippen LogP contribution is -2.59. The van der Waals surface area contributed by atoms with E-state index in [-0.39, 0.29) is 0 Å². The van der Waals surface area contributed by atoms with Crippen LogP contribution < -0.4 is 10.5 Å². The zero-order chi connectivity index (χ0) is 14.7. The zero-order valence-corrected chi connectivity index (χ0v) is 12.7. The molecule has 3 rings (SSSR count). The van der Waals surface area contributed by atoms with Gasteiger partial charge in [0.2, 0.25) is 0 Å². The first-order valence-electron chi connectivity index (χ1n) is 7.81. The second kappa shape index (κ2) is 6.04. The van der Waals surface area contributed by atoms with E-state index in [0.717, 1.165) is 24.2 Å². The van der Waals surface area contributed by atoms with Gasteiger partial charge in [-0.15, -0.1) is 0 Å². The molecule has 2 aromatic carbocycles. The molecule has 3 heteroatoms. The minimum absolute atomic E-state index is 0.405. The van der Waals surface area contributed by atoms with Gasteiger partial charge in [-0.2, -0.15) is 0 Å². The Morgan fingerprint density at radius 1 is 1.05 bits per heavy atom. The number of benzene rings is 2. The van der Waals surface area contributed by atoms with E-state index in [0.29, 0.717) is 6.61 Å². The molecule has 1 heterocycles. The highest BCUT2D eigenvalue weighted by Crippen LogP contribution is 2.26. The van der Waals surface area contributed by atoms with E-state index in [9.17, 15) is 0 Å². The summed E-state index contributed by atoms with van der Waals surface area (Å²) in [5.41, 5.74) is 6.08. The fourth-order valence-corrected chi connectivity index (χ4v) is 3.04. The Morgan fingerprint density at radius 2 is 1.76 bits per heavy atom. The normalized spacial score (nSPS) is 19.3. The third-order valence-electron chi connectivity index (χ3n) is 4.35. The molecule has 2 aromatic rings. The Bertz CT molecular complexity index is 598. The molecule has 1 fully saturated rings. The molecular formula is C18H24N2O. The molecule has 0 saturated carbocycles. The van der Waals surface area contributed by atoms with Crippen molar-refractivity contribution in [1.29, 1.82) is 0 Å². The van der Waals surface area contributed by atoms with E-state index < -0.39 is 5.66 Å². The van der Waals surface area contributed by atoms with E-state index in [2.05, 4.69) is 30.0 Å². The van der Waals surface area contributed by atoms with Crippen molar-refractivity contribution < 1.29 is 4.74 Å². The molecule has 1 unspecified atom stereocenters. The van der Waals surface area contributed by atoms with Gasteiger partial charge in [0.05, 0.1) is 0 Å². The van der Waals surface area contributed by atoms with Crippen LogP contribution in [-0.2, 0) is 0 Å². The standard InChI is InChI=1S/C18H24N2O/c1-18(19,20-12-5-2-6-13-20)14-21-17-11-7-9-15-8-3-4-10-16(15)17/h3-4,7-11H,2,5-6,12-14,19H2,1H3. The Labute approximate surface area is 126 Å². The molecule has 1 aliphatic rings. The number of rotatable bonds is 4. The summed E-state index contributed by atoms with van der Waals surface area (Å²) < 4.78 is 6.07. The molecule has 1 saturated heterocycles. The van der Waals surface area contributed by atoms with Crippen molar-refractivity contribution in [3.63, 3.8) is 0 Å². The van der Waals surface area contributed by atoms with Gasteiger partial charge in [0, 0.05) is 5.39 Å². The van der Waals surface area contributed by atoms with Crippen molar-refractivity contribution >= 4 is 10.8 Å². The molecule has 0 amide bonds. The van der Waals surface area contributed by atoms with E-state index >= 15 is 0 Å². The van der Waals surface area contributed by atoms with Gasteiger partial charge in [0.1, 0.15) is 18.0 Å². The smallest absolute Gasteiger partial charge is 0.127 e. The van der Waals surface area contributed by atoms with Crippen molar-refractivity contribution in [3.05, 3.63) is 42.5 Å². The van der Waals surface area contributed by atoms with Gasteiger partial charge in [-0.05, 0) is 44.3 Å². The van der Waals surface area contributed by atoms with Crippen LogP contribution in [0.2, 0.25) is 0 Å². The van der Waals surface area contributed by atoms with Crippen molar-refractivity contribution in [2.24, 2.45) is 5.73 Å². The molecule has 0 bridgehead atoms. The predicted octanol–water partition coefficient (Wildman–Crippen LogP) is 3.38. The fraction of sp³-hybridized carbons (Fsp3) is 0.444. The van der Waals surface area contributed by atoms with Crippen molar-refractivity contribution in [3.8, 4) is 5.75 Å². The summed E-state index contributed by atoms with van der Waals surface area (Å²) in [6.07, 6.45) is 3.79. The molecule has 0 radical (unpaired) electrons. The van der Waals surface area contributed by atoms with Gasteiger partial charge >= 0.3 is 0 Å². The van der Waals surface area contributed by atoms with Gasteiger partial charge in [-0.1, -0.05) is 42.8 Å². The summed E-state index contributed by atoms with van der Waals surface area (Å²) in [6, 6.07) is 14.5. The van der Waals surface area contributed by atoms with Crippen LogP contribution in [-0.4, -0.2) is 30.3 Å². The second-order valence-electron chi connectivity index (χ2n) is 6.17. The van der Waals surface area contributed by atoms with Crippen LogP contribution in [0.4, 0.5) is 0 Å². The Kier molecular flexibility index (Phi) is 4.13. The molecule has 3 nitrogen and oxygen atoms in total. The van der Waals surface area contributed by atoms with E-state index in [1.165, 1.54) is 24.6 Å². The Morgan fingerprint density at radius 3 is 2.57 bits per heavy atom. The number of fused-ring (bicyclic) bond motifs is 1. The minimum Gasteiger partial charge on any atom is -0.490 e. The molecule has 21 heavy (non-hydrogen) atoms. The van der Waals surface area contributed by atoms with Crippen LogP contribution in [0.5, 0.6) is 5.75 Å². The number of hydrogen-bond acceptors (Lipinski definition) is 3. The highest BCUT2D eigenvalue weighted by atomic mass is 16.5. The third-order valence-corrected chi connectivity index (χ3v) is 4.35. The lowest BCUT2D eigenvalue weighted by molar-refractivity contribution is 0.0428. The van der Waals surface area contributed by atoms with E-state index in [4.69, 9.17) is 10.5 Å². The van der Waals surface area contributed by atoms with Crippen LogP contribution in [0.25, 0.3) is 10.8 Å². The maximum absolute atomic E-state index is 6.48. The van der Waals surface area contributed by atoms with Crippen LogP contribution in [0.3, 0.4) is 0 Å². The van der Waals surface area contributed by atoms with Gasteiger partial charge in [-0.25, -0.2) is 0 Å². The molecule has 1 aliphatic heterocycles. The summed E-state index contributed by atoms with van der Waals surface area (Å²) in [6.45, 7) is 4.74. The molecule has 0 aliphatic carbocycles. The maximum Gasteiger partial charge on any atom is 0.127 e. The third kappa shape index (κ3) is 3.20. The predicted molar refractivity (Wildman–Crippen MR) is 87.5 cm³/mol. The summed E-state index contributed by atoms with van der Waals surface area (Å²) in [4.78, 5) is 2.35. The maximum atomic E-state index is 6.48. The Hall–Kier alpha value is -1.58. The van der Waals surface area contributed by atoms with E-state index in [1.807, 2.05) is 24.3 Å². The van der Waals surface area contributed by atoms with Gasteiger partial charge < -0.3 is 10.5 Å². The van der Waals surface area contributed by atoms with Gasteiger partial charge in [0.25, 0.3) is 0 Å². The van der Waals surface area contributed by atoms with Gasteiger partial charge in [-0.3, -0.25) is 4.90 Å². The summed E-state index contributed by atoms with van der Waals surface area (Å²) in [5, 5.41) is 2.35. The molecule has 0 aromatic heterocycles. The molecule has 2 N–H and O–H groups in total. The monoisotopic (exact) mass is 284 g/mol.